The van der Waals surface area contributed by atoms with Gasteiger partial charge < -0.3 is 10.1 Å². The number of nitrogens with one attached hydrogen (secondary N) is 2. The summed E-state index contributed by atoms with van der Waals surface area (Å²) in [4.78, 5) is 23.7. The fourth-order valence-electron chi connectivity index (χ4n) is 2.37. The summed E-state index contributed by atoms with van der Waals surface area (Å²) >= 11 is 0. The van der Waals surface area contributed by atoms with Crippen LogP contribution in [0.4, 0.5) is 20.6 Å². The summed E-state index contributed by atoms with van der Waals surface area (Å²) in [5, 5.41) is 9.14. The molecule has 0 radical (unpaired) electrons. The minimum atomic E-state index is -0.567. The number of rotatable bonds is 5. The normalized spacial score (nSPS) is 10.3. The predicted octanol–water partition coefficient (Wildman–Crippen LogP) is 3.83. The number of benzene rings is 2. The molecule has 0 aliphatic heterocycles. The second kappa shape index (κ2) is 8.13. The Bertz CT molecular complexity index is 940. The van der Waals surface area contributed by atoms with Crippen LogP contribution in [0.3, 0.4) is 0 Å². The smallest absolute Gasteiger partial charge is 0.411 e. The summed E-state index contributed by atoms with van der Waals surface area (Å²) in [7, 11) is 0. The van der Waals surface area contributed by atoms with Crippen molar-refractivity contribution in [1.82, 2.24) is 9.78 Å². The number of anilines is 2. The van der Waals surface area contributed by atoms with Crippen molar-refractivity contribution < 1.29 is 18.7 Å². The summed E-state index contributed by atoms with van der Waals surface area (Å²) in [5.41, 5.74) is 1.47. The first kappa shape index (κ1) is 18.1. The van der Waals surface area contributed by atoms with E-state index in [0.717, 1.165) is 0 Å². The van der Waals surface area contributed by atoms with Gasteiger partial charge in [-0.15, -0.1) is 0 Å². The summed E-state index contributed by atoms with van der Waals surface area (Å²) in [6.07, 6.45) is 2.61. The summed E-state index contributed by atoms with van der Waals surface area (Å²) in [6.45, 7) is 1.97. The number of ether oxygens (including phenoxy) is 1. The zero-order valence-corrected chi connectivity index (χ0v) is 14.5. The summed E-state index contributed by atoms with van der Waals surface area (Å²) in [6, 6.07) is 12.3. The minimum Gasteiger partial charge on any atom is -0.450 e. The molecule has 3 rings (SSSR count). The highest BCUT2D eigenvalue weighted by Crippen LogP contribution is 2.19. The standard InChI is InChI=1S/C19H17FN4O3/c1-2-27-19(26)23-14-6-4-13(5-7-14)18(25)22-15-8-9-17(16(20)12-15)24-11-3-10-21-24/h3-12H,2H2,1H3,(H,22,25)(H,23,26). The van der Waals surface area contributed by atoms with Gasteiger partial charge in [-0.1, -0.05) is 0 Å². The molecule has 2 amide bonds. The lowest BCUT2D eigenvalue weighted by Gasteiger charge is -2.09. The quantitative estimate of drug-likeness (QED) is 0.717. The van der Waals surface area contributed by atoms with E-state index in [4.69, 9.17) is 4.74 Å². The van der Waals surface area contributed by atoms with Crippen molar-refractivity contribution in [3.05, 3.63) is 72.3 Å². The van der Waals surface area contributed by atoms with Gasteiger partial charge in [0.1, 0.15) is 5.69 Å². The van der Waals surface area contributed by atoms with Crippen LogP contribution >= 0.6 is 0 Å². The van der Waals surface area contributed by atoms with Gasteiger partial charge in [0, 0.05) is 29.3 Å². The van der Waals surface area contributed by atoms with E-state index < -0.39 is 17.8 Å². The van der Waals surface area contributed by atoms with E-state index in [1.165, 1.54) is 16.8 Å². The second-order valence-corrected chi connectivity index (χ2v) is 5.49. The van der Waals surface area contributed by atoms with Gasteiger partial charge in [0.25, 0.3) is 5.91 Å². The first-order valence-corrected chi connectivity index (χ1v) is 8.21. The molecule has 0 aliphatic rings. The van der Waals surface area contributed by atoms with Gasteiger partial charge in [0.05, 0.1) is 6.61 Å². The van der Waals surface area contributed by atoms with Crippen molar-refractivity contribution in [3.63, 3.8) is 0 Å². The van der Waals surface area contributed by atoms with Gasteiger partial charge in [-0.05, 0) is 55.5 Å². The monoisotopic (exact) mass is 368 g/mol. The van der Waals surface area contributed by atoms with Crippen LogP contribution in [0.25, 0.3) is 5.69 Å². The SMILES string of the molecule is CCOC(=O)Nc1ccc(C(=O)Nc2ccc(-n3cccn3)c(F)c2)cc1. The Kier molecular flexibility index (Phi) is 5.46. The molecule has 0 spiro atoms. The highest BCUT2D eigenvalue weighted by Gasteiger charge is 2.10. The average molecular weight is 368 g/mol. The Morgan fingerprint density at radius 1 is 1.11 bits per heavy atom. The van der Waals surface area contributed by atoms with E-state index in [-0.39, 0.29) is 12.3 Å². The molecule has 0 saturated carbocycles. The van der Waals surface area contributed by atoms with Crippen molar-refractivity contribution in [1.29, 1.82) is 0 Å². The molecule has 3 aromatic rings. The van der Waals surface area contributed by atoms with Crippen LogP contribution in [0.1, 0.15) is 17.3 Å². The highest BCUT2D eigenvalue weighted by atomic mass is 19.1. The number of halogens is 1. The molecule has 0 fully saturated rings. The third-order valence-electron chi connectivity index (χ3n) is 3.63. The molecule has 0 unspecified atom stereocenters. The van der Waals surface area contributed by atoms with Gasteiger partial charge in [0.2, 0.25) is 0 Å². The maximum atomic E-state index is 14.2. The van der Waals surface area contributed by atoms with Crippen LogP contribution in [-0.4, -0.2) is 28.4 Å². The molecular weight excluding hydrogens is 351 g/mol. The van der Waals surface area contributed by atoms with E-state index in [9.17, 15) is 14.0 Å². The Balaban J connectivity index is 1.66. The van der Waals surface area contributed by atoms with E-state index in [1.807, 2.05) is 0 Å². The predicted molar refractivity (Wildman–Crippen MR) is 98.6 cm³/mol. The van der Waals surface area contributed by atoms with Crippen LogP contribution in [0.5, 0.6) is 0 Å². The molecule has 27 heavy (non-hydrogen) atoms. The van der Waals surface area contributed by atoms with Gasteiger partial charge in [-0.25, -0.2) is 13.9 Å². The molecular formula is C19H17FN4O3. The molecule has 138 valence electrons. The molecule has 0 saturated heterocycles. The third kappa shape index (κ3) is 4.49. The number of nitrogens with zero attached hydrogens (tertiary/aromatic N) is 2. The van der Waals surface area contributed by atoms with Gasteiger partial charge in [0.15, 0.2) is 5.82 Å². The van der Waals surface area contributed by atoms with E-state index in [0.29, 0.717) is 16.9 Å². The largest absolute Gasteiger partial charge is 0.450 e. The van der Waals surface area contributed by atoms with Crippen LogP contribution in [0, 0.1) is 5.82 Å². The molecule has 1 heterocycles. The molecule has 2 aromatic carbocycles. The Morgan fingerprint density at radius 2 is 1.85 bits per heavy atom. The highest BCUT2D eigenvalue weighted by molar-refractivity contribution is 6.04. The average Bonchev–Trinajstić information content (AvgIpc) is 3.17. The minimum absolute atomic E-state index is 0.266. The zero-order valence-electron chi connectivity index (χ0n) is 14.5. The number of hydrogen-bond donors (Lipinski definition) is 2. The lowest BCUT2D eigenvalue weighted by molar-refractivity contribution is 0.102. The van der Waals surface area contributed by atoms with Gasteiger partial charge in [-0.2, -0.15) is 5.10 Å². The molecule has 8 heteroatoms. The number of hydrogen-bond acceptors (Lipinski definition) is 4. The van der Waals surface area contributed by atoms with Crippen LogP contribution in [-0.2, 0) is 4.74 Å². The molecule has 1 aromatic heterocycles. The lowest BCUT2D eigenvalue weighted by atomic mass is 10.2. The number of aromatic nitrogens is 2. The summed E-state index contributed by atoms with van der Waals surface area (Å²) in [5.74, 6) is -0.908. The fraction of sp³-hybridized carbons (Fsp3) is 0.105. The molecule has 2 N–H and O–H groups in total. The third-order valence-corrected chi connectivity index (χ3v) is 3.63. The van der Waals surface area contributed by atoms with Crippen molar-refractivity contribution >= 4 is 23.4 Å². The number of carbonyl (C=O) groups excluding carboxylic acids is 2. The number of amides is 2. The van der Waals surface area contributed by atoms with E-state index in [1.54, 1.807) is 55.7 Å². The van der Waals surface area contributed by atoms with Crippen molar-refractivity contribution in [2.75, 3.05) is 17.2 Å². The Morgan fingerprint density at radius 3 is 2.48 bits per heavy atom. The Hall–Kier alpha value is -3.68. The fourth-order valence-corrected chi connectivity index (χ4v) is 2.37. The van der Waals surface area contributed by atoms with Gasteiger partial charge >= 0.3 is 6.09 Å². The van der Waals surface area contributed by atoms with Crippen molar-refractivity contribution in [2.45, 2.75) is 6.92 Å². The lowest BCUT2D eigenvalue weighted by Crippen LogP contribution is -2.14. The van der Waals surface area contributed by atoms with Crippen LogP contribution in [0.2, 0.25) is 0 Å². The summed E-state index contributed by atoms with van der Waals surface area (Å²) < 4.78 is 20.4. The van der Waals surface area contributed by atoms with E-state index >= 15 is 0 Å². The maximum absolute atomic E-state index is 14.2. The maximum Gasteiger partial charge on any atom is 0.411 e. The topological polar surface area (TPSA) is 85.2 Å². The van der Waals surface area contributed by atoms with Gasteiger partial charge in [-0.3, -0.25) is 10.1 Å². The first-order valence-electron chi connectivity index (χ1n) is 8.21. The van der Waals surface area contributed by atoms with Crippen molar-refractivity contribution in [3.8, 4) is 5.69 Å². The molecule has 0 atom stereocenters. The molecule has 0 bridgehead atoms. The Labute approximate surface area is 154 Å². The van der Waals surface area contributed by atoms with E-state index in [2.05, 4.69) is 15.7 Å². The van der Waals surface area contributed by atoms with Crippen LogP contribution in [0.15, 0.2) is 60.9 Å². The first-order chi connectivity index (χ1) is 13.1. The second-order valence-electron chi connectivity index (χ2n) is 5.49. The number of carbonyl (C=O) groups is 2. The zero-order chi connectivity index (χ0) is 19.2. The molecule has 7 nitrogen and oxygen atoms in total. The van der Waals surface area contributed by atoms with Crippen LogP contribution < -0.4 is 10.6 Å². The van der Waals surface area contributed by atoms with Crippen molar-refractivity contribution in [2.24, 2.45) is 0 Å². The molecule has 0 aliphatic carbocycles.